The van der Waals surface area contributed by atoms with Gasteiger partial charge in [0.1, 0.15) is 0 Å². The Morgan fingerprint density at radius 3 is 2.04 bits per heavy atom. The number of nitrogens with one attached hydrogen (secondary N) is 3. The van der Waals surface area contributed by atoms with Gasteiger partial charge in [-0.25, -0.2) is 0 Å². The highest BCUT2D eigenvalue weighted by molar-refractivity contribution is 5.75. The van der Waals surface area contributed by atoms with Crippen LogP contribution >= 0.6 is 0 Å². The Morgan fingerprint density at radius 2 is 1.31 bits per heavy atom. The van der Waals surface area contributed by atoms with Gasteiger partial charge in [0.05, 0.1) is 5.54 Å². The summed E-state index contributed by atoms with van der Waals surface area (Å²) < 4.78 is 0. The van der Waals surface area contributed by atoms with Crippen molar-refractivity contribution in [3.05, 3.63) is 108 Å². The van der Waals surface area contributed by atoms with Crippen molar-refractivity contribution in [2.24, 2.45) is 5.73 Å². The third-order valence-corrected chi connectivity index (χ3v) is 12.0. The highest BCUT2D eigenvalue weighted by Crippen LogP contribution is 2.52. The van der Waals surface area contributed by atoms with Crippen molar-refractivity contribution in [1.82, 2.24) is 16.0 Å². The number of carbonyl (C=O) groups is 1. The molecule has 0 aromatic heterocycles. The average molecular weight is 751 g/mol. The molecule has 1 atom stereocenters. The van der Waals surface area contributed by atoms with E-state index in [4.69, 9.17) is 5.73 Å². The lowest BCUT2D eigenvalue weighted by molar-refractivity contribution is -0.121. The number of benzene rings is 2. The maximum Gasteiger partial charge on any atom is 0.219 e. The van der Waals surface area contributed by atoms with Crippen molar-refractivity contribution >= 4 is 17.3 Å². The van der Waals surface area contributed by atoms with Crippen molar-refractivity contribution in [3.63, 3.8) is 0 Å². The summed E-state index contributed by atoms with van der Waals surface area (Å²) in [6, 6.07) is 17.8. The highest BCUT2D eigenvalue weighted by atomic mass is 16.1. The maximum atomic E-state index is 12.5. The van der Waals surface area contributed by atoms with Crippen LogP contribution in [0.3, 0.4) is 0 Å². The zero-order valence-corrected chi connectivity index (χ0v) is 35.3. The third kappa shape index (κ3) is 11.7. The SMILES string of the molecule is CCCCN1C(=CC=CC=CC=CC2(C)N(CCCCCC(=O)NCCCNCCCCNCCCN)c3ccccc3C2(C)C)C(C)(C)c2ccccc21. The molecule has 0 fully saturated rings. The fourth-order valence-corrected chi connectivity index (χ4v) is 8.27. The monoisotopic (exact) mass is 751 g/mol. The number of hydrogen-bond acceptors (Lipinski definition) is 6. The van der Waals surface area contributed by atoms with Crippen LogP contribution in [0.5, 0.6) is 0 Å². The summed E-state index contributed by atoms with van der Waals surface area (Å²) in [4.78, 5) is 17.6. The number of para-hydroxylation sites is 2. The van der Waals surface area contributed by atoms with Gasteiger partial charge in [-0.05, 0) is 114 Å². The quantitative estimate of drug-likeness (QED) is 0.0599. The molecule has 2 aromatic carbocycles. The molecule has 0 radical (unpaired) electrons. The van der Waals surface area contributed by atoms with Crippen molar-refractivity contribution in [2.75, 3.05) is 62.2 Å². The molecule has 302 valence electrons. The largest absolute Gasteiger partial charge is 0.362 e. The molecular weight excluding hydrogens is 677 g/mol. The second kappa shape index (κ2) is 22.2. The van der Waals surface area contributed by atoms with Crippen molar-refractivity contribution in [1.29, 1.82) is 0 Å². The lowest BCUT2D eigenvalue weighted by atomic mass is 9.71. The summed E-state index contributed by atoms with van der Waals surface area (Å²) in [5, 5.41) is 10.0. The van der Waals surface area contributed by atoms with E-state index in [1.165, 1.54) is 53.9 Å². The van der Waals surface area contributed by atoms with Gasteiger partial charge in [-0.2, -0.15) is 0 Å². The predicted molar refractivity (Wildman–Crippen MR) is 237 cm³/mol. The number of nitrogens with two attached hydrogens (primary N) is 1. The topological polar surface area (TPSA) is 85.7 Å². The van der Waals surface area contributed by atoms with E-state index in [0.29, 0.717) is 6.42 Å². The molecule has 1 unspecified atom stereocenters. The van der Waals surface area contributed by atoms with E-state index in [0.717, 1.165) is 84.5 Å². The normalized spacial score (nSPS) is 19.4. The van der Waals surface area contributed by atoms with Gasteiger partial charge in [0, 0.05) is 54.0 Å². The number of nitrogens with zero attached hydrogens (tertiary/aromatic N) is 2. The van der Waals surface area contributed by atoms with Gasteiger partial charge in [0.2, 0.25) is 5.91 Å². The Hall–Kier alpha value is -3.65. The van der Waals surface area contributed by atoms with E-state index in [9.17, 15) is 4.79 Å². The first kappa shape index (κ1) is 44.1. The minimum atomic E-state index is -0.182. The highest BCUT2D eigenvalue weighted by Gasteiger charge is 2.51. The number of allylic oxidation sites excluding steroid dienone is 7. The Morgan fingerprint density at radius 1 is 0.673 bits per heavy atom. The summed E-state index contributed by atoms with van der Waals surface area (Å²) in [5.41, 5.74) is 12.1. The minimum Gasteiger partial charge on any atom is -0.362 e. The lowest BCUT2D eigenvalue weighted by Crippen LogP contribution is -2.52. The molecule has 7 nitrogen and oxygen atoms in total. The van der Waals surface area contributed by atoms with Crippen LogP contribution in [0.4, 0.5) is 11.4 Å². The summed E-state index contributed by atoms with van der Waals surface area (Å²) in [5.74, 6) is 0.173. The van der Waals surface area contributed by atoms with Crippen LogP contribution in [0, 0.1) is 0 Å². The second-order valence-corrected chi connectivity index (χ2v) is 16.6. The number of unbranched alkanes of at least 4 members (excludes halogenated alkanes) is 4. The summed E-state index contributed by atoms with van der Waals surface area (Å²) >= 11 is 0. The van der Waals surface area contributed by atoms with E-state index in [1.807, 2.05) is 0 Å². The molecule has 0 saturated carbocycles. The molecule has 0 aliphatic carbocycles. The standard InChI is InChI=1S/C48H74N6O/c1-7-8-38-53-42-27-17-15-25-40(42)46(2,3)44(53)29-13-10-9-11-19-31-48(6)47(4,5)41-26-16-18-28-43(41)54(48)39-22-12-14-30-45(55)52-37-24-36-51-34-21-20-33-50-35-23-32-49/h9-11,13,15-19,25-29,31,50-51H,7-8,12,14,20-24,30,32-39,49H2,1-6H3,(H,52,55). The second-order valence-electron chi connectivity index (χ2n) is 16.6. The molecule has 1 amide bonds. The zero-order chi connectivity index (χ0) is 39.6. The molecule has 0 spiro atoms. The number of carbonyl (C=O) groups excluding carboxylic acids is 1. The summed E-state index contributed by atoms with van der Waals surface area (Å²) in [7, 11) is 0. The first-order valence-corrected chi connectivity index (χ1v) is 21.4. The molecule has 5 N–H and O–H groups in total. The van der Waals surface area contributed by atoms with Gasteiger partial charge in [-0.1, -0.05) is 120 Å². The van der Waals surface area contributed by atoms with Crippen LogP contribution in [-0.4, -0.2) is 63.8 Å². The first-order chi connectivity index (χ1) is 26.6. The van der Waals surface area contributed by atoms with Gasteiger partial charge < -0.3 is 31.5 Å². The van der Waals surface area contributed by atoms with Crippen molar-refractivity contribution < 1.29 is 4.79 Å². The third-order valence-electron chi connectivity index (χ3n) is 12.0. The maximum absolute atomic E-state index is 12.5. The van der Waals surface area contributed by atoms with Gasteiger partial charge in [0.15, 0.2) is 0 Å². The molecule has 4 rings (SSSR count). The van der Waals surface area contributed by atoms with E-state index >= 15 is 0 Å². The number of amides is 1. The van der Waals surface area contributed by atoms with Crippen LogP contribution in [0.2, 0.25) is 0 Å². The number of anilines is 2. The molecule has 55 heavy (non-hydrogen) atoms. The van der Waals surface area contributed by atoms with Gasteiger partial charge in [-0.15, -0.1) is 0 Å². The molecule has 2 aliphatic heterocycles. The Bertz CT molecular complexity index is 1590. The van der Waals surface area contributed by atoms with E-state index in [-0.39, 0.29) is 22.3 Å². The van der Waals surface area contributed by atoms with Gasteiger partial charge >= 0.3 is 0 Å². The van der Waals surface area contributed by atoms with Crippen LogP contribution in [0.1, 0.15) is 117 Å². The fourth-order valence-electron chi connectivity index (χ4n) is 8.27. The number of fused-ring (bicyclic) bond motifs is 2. The molecule has 0 bridgehead atoms. The smallest absolute Gasteiger partial charge is 0.219 e. The van der Waals surface area contributed by atoms with E-state index in [2.05, 4.69) is 158 Å². The number of rotatable bonds is 25. The molecular formula is C48H74N6O. The number of hydrogen-bond donors (Lipinski definition) is 4. The van der Waals surface area contributed by atoms with Crippen molar-refractivity contribution in [3.8, 4) is 0 Å². The molecule has 0 saturated heterocycles. The Kier molecular flexibility index (Phi) is 17.8. The van der Waals surface area contributed by atoms with E-state index < -0.39 is 0 Å². The van der Waals surface area contributed by atoms with Crippen LogP contribution in [-0.2, 0) is 15.6 Å². The predicted octanol–water partition coefficient (Wildman–Crippen LogP) is 9.07. The summed E-state index contributed by atoms with van der Waals surface area (Å²) in [6.45, 7) is 21.6. The van der Waals surface area contributed by atoms with Crippen LogP contribution in [0.15, 0.2) is 96.8 Å². The lowest BCUT2D eigenvalue weighted by Gasteiger charge is -2.43. The van der Waals surface area contributed by atoms with Gasteiger partial charge in [-0.3, -0.25) is 4.79 Å². The summed E-state index contributed by atoms with van der Waals surface area (Å²) in [6.07, 6.45) is 25.9. The molecule has 2 aromatic rings. The van der Waals surface area contributed by atoms with Crippen LogP contribution in [0.25, 0.3) is 0 Å². The molecule has 7 heteroatoms. The molecule has 2 aliphatic rings. The Balaban J connectivity index is 1.24. The van der Waals surface area contributed by atoms with Crippen LogP contribution < -0.4 is 31.5 Å². The van der Waals surface area contributed by atoms with E-state index in [1.54, 1.807) is 0 Å². The Labute approximate surface area is 335 Å². The minimum absolute atomic E-state index is 0.0216. The average Bonchev–Trinajstić information content (AvgIpc) is 3.49. The zero-order valence-electron chi connectivity index (χ0n) is 35.3. The molecule has 2 heterocycles. The fraction of sp³-hybridized carbons (Fsp3) is 0.562. The van der Waals surface area contributed by atoms with Crippen molar-refractivity contribution in [2.45, 2.75) is 122 Å². The first-order valence-electron chi connectivity index (χ1n) is 21.4. The van der Waals surface area contributed by atoms with Gasteiger partial charge in [0.25, 0.3) is 0 Å².